The normalized spacial score (nSPS) is 23.7. The summed E-state index contributed by atoms with van der Waals surface area (Å²) in [5.41, 5.74) is 0.539. The maximum atomic E-state index is 14.0. The number of pyridine rings is 1. The molecule has 0 N–H and O–H groups in total. The highest BCUT2D eigenvalue weighted by atomic mass is 35.5. The first-order valence-electron chi connectivity index (χ1n) is 7.67. The molecule has 0 aliphatic carbocycles. The minimum atomic E-state index is -0.288. The van der Waals surface area contributed by atoms with Gasteiger partial charge in [-0.1, -0.05) is 17.7 Å². The fourth-order valence-corrected chi connectivity index (χ4v) is 3.90. The van der Waals surface area contributed by atoms with Crippen LogP contribution < -0.4 is 4.90 Å². The minimum Gasteiger partial charge on any atom is -0.348 e. The third-order valence-electron chi connectivity index (χ3n) is 4.79. The maximum Gasteiger partial charge on any atom is 0.165 e. The van der Waals surface area contributed by atoms with Crippen molar-refractivity contribution < 1.29 is 8.78 Å². The Balaban J connectivity index is 1.50. The molecule has 2 atom stereocenters. The molecule has 6 heteroatoms. The molecule has 0 saturated carbocycles. The molecule has 1 aromatic heterocycles. The van der Waals surface area contributed by atoms with Crippen molar-refractivity contribution in [1.82, 2.24) is 9.88 Å². The van der Waals surface area contributed by atoms with Gasteiger partial charge in [-0.3, -0.25) is 4.90 Å². The zero-order chi connectivity index (χ0) is 16.0. The van der Waals surface area contributed by atoms with Crippen LogP contribution in [0.3, 0.4) is 0 Å². The lowest BCUT2D eigenvalue weighted by atomic mass is 10.1. The third-order valence-corrected chi connectivity index (χ3v) is 5.14. The van der Waals surface area contributed by atoms with E-state index in [1.165, 1.54) is 12.1 Å². The standard InChI is InChI=1S/C17H16ClF2N3/c18-14-3-1-4-15(19)13(14)10-22-8-12-7-11(22)9-23(12)17-16(20)5-2-6-21-17/h1-6,11-12H,7-10H2. The van der Waals surface area contributed by atoms with Gasteiger partial charge >= 0.3 is 0 Å². The number of rotatable bonds is 3. The number of likely N-dealkylation sites (tertiary alicyclic amines) is 1. The van der Waals surface area contributed by atoms with Crippen molar-refractivity contribution in [3.8, 4) is 0 Å². The van der Waals surface area contributed by atoms with E-state index in [4.69, 9.17) is 11.6 Å². The SMILES string of the molecule is Fc1cccnc1N1CC2CC1CN2Cc1c(F)cccc1Cl. The lowest BCUT2D eigenvalue weighted by Crippen LogP contribution is -2.46. The Morgan fingerprint density at radius 2 is 1.91 bits per heavy atom. The lowest BCUT2D eigenvalue weighted by Gasteiger charge is -2.35. The molecule has 23 heavy (non-hydrogen) atoms. The molecule has 0 spiro atoms. The van der Waals surface area contributed by atoms with E-state index in [0.29, 0.717) is 29.5 Å². The van der Waals surface area contributed by atoms with E-state index in [9.17, 15) is 8.78 Å². The molecule has 2 unspecified atom stereocenters. The van der Waals surface area contributed by atoms with E-state index >= 15 is 0 Å². The Labute approximate surface area is 138 Å². The molecule has 2 aliphatic heterocycles. The first-order chi connectivity index (χ1) is 11.1. The van der Waals surface area contributed by atoms with E-state index in [0.717, 1.165) is 13.0 Å². The molecule has 0 radical (unpaired) electrons. The molecule has 1 aromatic carbocycles. The number of nitrogens with zero attached hydrogens (tertiary/aromatic N) is 3. The van der Waals surface area contributed by atoms with E-state index in [1.807, 2.05) is 4.90 Å². The van der Waals surface area contributed by atoms with Crippen LogP contribution in [-0.4, -0.2) is 35.1 Å². The van der Waals surface area contributed by atoms with Crippen molar-refractivity contribution in [2.24, 2.45) is 0 Å². The molecular formula is C17H16ClF2N3. The van der Waals surface area contributed by atoms with E-state index in [-0.39, 0.29) is 23.7 Å². The van der Waals surface area contributed by atoms with Crippen LogP contribution in [0.4, 0.5) is 14.6 Å². The highest BCUT2D eigenvalue weighted by Gasteiger charge is 2.44. The monoisotopic (exact) mass is 335 g/mol. The summed E-state index contributed by atoms with van der Waals surface area (Å²) in [6, 6.07) is 8.29. The number of fused-ring (bicyclic) bond motifs is 2. The zero-order valence-corrected chi connectivity index (χ0v) is 13.2. The Bertz CT molecular complexity index is 719. The molecule has 2 bridgehead atoms. The summed E-state index contributed by atoms with van der Waals surface area (Å²) in [5.74, 6) is -0.139. The van der Waals surface area contributed by atoms with Gasteiger partial charge in [0.2, 0.25) is 0 Å². The number of hydrogen-bond donors (Lipinski definition) is 0. The number of benzene rings is 1. The highest BCUT2D eigenvalue weighted by molar-refractivity contribution is 6.31. The summed E-state index contributed by atoms with van der Waals surface area (Å²) >= 11 is 6.12. The van der Waals surface area contributed by atoms with Crippen LogP contribution in [0.25, 0.3) is 0 Å². The summed E-state index contributed by atoms with van der Waals surface area (Å²) in [6.07, 6.45) is 2.56. The van der Waals surface area contributed by atoms with Gasteiger partial charge in [-0.25, -0.2) is 13.8 Å². The van der Waals surface area contributed by atoms with Gasteiger partial charge in [0.25, 0.3) is 0 Å². The fraction of sp³-hybridized carbons (Fsp3) is 0.353. The van der Waals surface area contributed by atoms with Gasteiger partial charge in [0.1, 0.15) is 5.82 Å². The average Bonchev–Trinajstić information content (AvgIpc) is 3.11. The molecule has 4 rings (SSSR count). The van der Waals surface area contributed by atoms with Crippen LogP contribution in [0.1, 0.15) is 12.0 Å². The summed E-state index contributed by atoms with van der Waals surface area (Å²) in [4.78, 5) is 8.42. The van der Waals surface area contributed by atoms with E-state index in [1.54, 1.807) is 24.4 Å². The smallest absolute Gasteiger partial charge is 0.165 e. The third kappa shape index (κ3) is 2.58. The molecular weight excluding hydrogens is 320 g/mol. The van der Waals surface area contributed by atoms with Crippen LogP contribution in [0.15, 0.2) is 36.5 Å². The number of anilines is 1. The molecule has 2 fully saturated rings. The van der Waals surface area contributed by atoms with Gasteiger partial charge in [0.15, 0.2) is 11.6 Å². The van der Waals surface area contributed by atoms with Crippen molar-refractivity contribution in [3.05, 3.63) is 58.7 Å². The fourth-order valence-electron chi connectivity index (χ4n) is 3.68. The number of aromatic nitrogens is 1. The Kier molecular flexibility index (Phi) is 3.70. The zero-order valence-electron chi connectivity index (χ0n) is 12.4. The number of halogens is 3. The summed E-state index contributed by atoms with van der Waals surface area (Å²) in [6.45, 7) is 1.97. The van der Waals surface area contributed by atoms with E-state index < -0.39 is 0 Å². The molecule has 120 valence electrons. The number of piperazine rings is 1. The van der Waals surface area contributed by atoms with Crippen molar-refractivity contribution >= 4 is 17.4 Å². The van der Waals surface area contributed by atoms with Crippen LogP contribution in [-0.2, 0) is 6.54 Å². The predicted octanol–water partition coefficient (Wildman–Crippen LogP) is 3.48. The molecule has 0 amide bonds. The van der Waals surface area contributed by atoms with Crippen molar-refractivity contribution in [2.45, 2.75) is 25.0 Å². The van der Waals surface area contributed by atoms with E-state index in [2.05, 4.69) is 9.88 Å². The molecule has 2 aromatic rings. The minimum absolute atomic E-state index is 0.218. The Morgan fingerprint density at radius 3 is 2.61 bits per heavy atom. The summed E-state index contributed by atoms with van der Waals surface area (Å²) in [5, 5.41) is 0.459. The second-order valence-electron chi connectivity index (χ2n) is 6.13. The maximum absolute atomic E-state index is 14.0. The van der Waals surface area contributed by atoms with Gasteiger partial charge in [-0.2, -0.15) is 0 Å². The van der Waals surface area contributed by atoms with Crippen molar-refractivity contribution in [2.75, 3.05) is 18.0 Å². The van der Waals surface area contributed by atoms with Crippen LogP contribution in [0.2, 0.25) is 5.02 Å². The van der Waals surface area contributed by atoms with Crippen LogP contribution >= 0.6 is 11.6 Å². The molecule has 2 aliphatic rings. The predicted molar refractivity (Wildman–Crippen MR) is 85.6 cm³/mol. The van der Waals surface area contributed by atoms with Crippen molar-refractivity contribution in [1.29, 1.82) is 0 Å². The van der Waals surface area contributed by atoms with Gasteiger partial charge < -0.3 is 4.90 Å². The van der Waals surface area contributed by atoms with Crippen LogP contribution in [0.5, 0.6) is 0 Å². The van der Waals surface area contributed by atoms with Gasteiger partial charge in [-0.15, -0.1) is 0 Å². The Hall–Kier alpha value is -1.72. The van der Waals surface area contributed by atoms with Crippen molar-refractivity contribution in [3.63, 3.8) is 0 Å². The second kappa shape index (κ2) is 5.73. The summed E-state index contributed by atoms with van der Waals surface area (Å²) < 4.78 is 27.9. The first-order valence-corrected chi connectivity index (χ1v) is 8.05. The second-order valence-corrected chi connectivity index (χ2v) is 6.54. The topological polar surface area (TPSA) is 19.4 Å². The van der Waals surface area contributed by atoms with Crippen LogP contribution in [0, 0.1) is 11.6 Å². The quantitative estimate of drug-likeness (QED) is 0.856. The molecule has 3 heterocycles. The summed E-state index contributed by atoms with van der Waals surface area (Å²) in [7, 11) is 0. The molecule has 3 nitrogen and oxygen atoms in total. The lowest BCUT2D eigenvalue weighted by molar-refractivity contribution is 0.226. The average molecular weight is 336 g/mol. The molecule has 2 saturated heterocycles. The largest absolute Gasteiger partial charge is 0.348 e. The van der Waals surface area contributed by atoms with Gasteiger partial charge in [0, 0.05) is 48.5 Å². The Morgan fingerprint density at radius 1 is 1.09 bits per heavy atom. The number of hydrogen-bond acceptors (Lipinski definition) is 3. The highest BCUT2D eigenvalue weighted by Crippen LogP contribution is 2.36. The van der Waals surface area contributed by atoms with Gasteiger partial charge in [0.05, 0.1) is 0 Å². The first kappa shape index (κ1) is 14.8. The van der Waals surface area contributed by atoms with Gasteiger partial charge in [-0.05, 0) is 30.7 Å².